The smallest absolute Gasteiger partial charge is 0.212 e. The van der Waals surface area contributed by atoms with Crippen LogP contribution in [0.2, 0.25) is 0 Å². The lowest BCUT2D eigenvalue weighted by Crippen LogP contribution is -2.26. The lowest BCUT2D eigenvalue weighted by molar-refractivity contribution is -0.134. The molecule has 0 unspecified atom stereocenters. The molecule has 0 aliphatic heterocycles. The van der Waals surface area contributed by atoms with Crippen LogP contribution in [0.25, 0.3) is 0 Å². The summed E-state index contributed by atoms with van der Waals surface area (Å²) in [6.45, 7) is -0.0517. The SMILES string of the molecule is N#Cc1cccc(CNS(=O)(=O)CCCC(F)(F)F)c1. The van der Waals surface area contributed by atoms with Crippen LogP contribution in [0.1, 0.15) is 24.0 Å². The van der Waals surface area contributed by atoms with Gasteiger partial charge in [-0.1, -0.05) is 12.1 Å². The minimum absolute atomic E-state index is 0.0517. The summed E-state index contributed by atoms with van der Waals surface area (Å²) in [6, 6.07) is 8.22. The standard InChI is InChI=1S/C12H13F3N2O2S/c13-12(14,15)5-2-6-20(18,19)17-9-11-4-1-3-10(7-11)8-16/h1,3-4,7,17H,2,5-6,9H2. The topological polar surface area (TPSA) is 70.0 Å². The van der Waals surface area contributed by atoms with Crippen molar-refractivity contribution in [3.63, 3.8) is 0 Å². The molecule has 0 aliphatic carbocycles. The van der Waals surface area contributed by atoms with Crippen LogP contribution in [0.3, 0.4) is 0 Å². The van der Waals surface area contributed by atoms with Crippen molar-refractivity contribution < 1.29 is 21.6 Å². The van der Waals surface area contributed by atoms with E-state index in [0.717, 1.165) is 0 Å². The van der Waals surface area contributed by atoms with E-state index in [1.165, 1.54) is 6.07 Å². The molecular weight excluding hydrogens is 293 g/mol. The molecule has 8 heteroatoms. The van der Waals surface area contributed by atoms with Gasteiger partial charge in [0, 0.05) is 13.0 Å². The Morgan fingerprint density at radius 3 is 2.60 bits per heavy atom. The van der Waals surface area contributed by atoms with E-state index in [1.807, 2.05) is 6.07 Å². The van der Waals surface area contributed by atoms with Crippen molar-refractivity contribution in [2.24, 2.45) is 0 Å². The molecule has 0 saturated heterocycles. The van der Waals surface area contributed by atoms with E-state index in [9.17, 15) is 21.6 Å². The quantitative estimate of drug-likeness (QED) is 0.877. The average molecular weight is 306 g/mol. The Morgan fingerprint density at radius 1 is 1.30 bits per heavy atom. The Labute approximate surface area is 115 Å². The molecule has 0 spiro atoms. The highest BCUT2D eigenvalue weighted by Gasteiger charge is 2.27. The van der Waals surface area contributed by atoms with E-state index in [4.69, 9.17) is 5.26 Å². The molecule has 20 heavy (non-hydrogen) atoms. The number of rotatable bonds is 6. The van der Waals surface area contributed by atoms with Gasteiger partial charge in [0.15, 0.2) is 0 Å². The maximum atomic E-state index is 11.9. The fourth-order valence-electron chi connectivity index (χ4n) is 1.48. The van der Waals surface area contributed by atoms with Crippen molar-refractivity contribution in [3.8, 4) is 6.07 Å². The third-order valence-electron chi connectivity index (χ3n) is 2.43. The number of alkyl halides is 3. The number of sulfonamides is 1. The summed E-state index contributed by atoms with van der Waals surface area (Å²) in [7, 11) is -3.75. The zero-order valence-corrected chi connectivity index (χ0v) is 11.3. The van der Waals surface area contributed by atoms with Crippen LogP contribution < -0.4 is 4.72 Å². The van der Waals surface area contributed by atoms with E-state index in [2.05, 4.69) is 4.72 Å². The van der Waals surface area contributed by atoms with Crippen molar-refractivity contribution in [1.82, 2.24) is 4.72 Å². The summed E-state index contributed by atoms with van der Waals surface area (Å²) in [4.78, 5) is 0. The summed E-state index contributed by atoms with van der Waals surface area (Å²) in [5, 5.41) is 8.69. The molecule has 1 aromatic rings. The second-order valence-corrected chi connectivity index (χ2v) is 6.10. The third-order valence-corrected chi connectivity index (χ3v) is 3.84. The predicted molar refractivity (Wildman–Crippen MR) is 67.1 cm³/mol. The van der Waals surface area contributed by atoms with E-state index in [0.29, 0.717) is 11.1 Å². The van der Waals surface area contributed by atoms with Crippen LogP contribution in [0.5, 0.6) is 0 Å². The zero-order chi connectivity index (χ0) is 15.2. The second-order valence-electron chi connectivity index (χ2n) is 4.17. The van der Waals surface area contributed by atoms with Gasteiger partial charge in [0.25, 0.3) is 0 Å². The van der Waals surface area contributed by atoms with Crippen LogP contribution >= 0.6 is 0 Å². The minimum atomic E-state index is -4.35. The Hall–Kier alpha value is -1.59. The Balaban J connectivity index is 2.49. The number of benzene rings is 1. The van der Waals surface area contributed by atoms with E-state index in [1.54, 1.807) is 18.2 Å². The van der Waals surface area contributed by atoms with Gasteiger partial charge in [-0.05, 0) is 24.1 Å². The van der Waals surface area contributed by atoms with Crippen LogP contribution in [0, 0.1) is 11.3 Å². The Morgan fingerprint density at radius 2 is 2.00 bits per heavy atom. The molecule has 0 aromatic heterocycles. The molecule has 0 bridgehead atoms. The van der Waals surface area contributed by atoms with Gasteiger partial charge in [-0.15, -0.1) is 0 Å². The number of nitrogens with one attached hydrogen (secondary N) is 1. The lowest BCUT2D eigenvalue weighted by Gasteiger charge is -2.08. The van der Waals surface area contributed by atoms with Crippen molar-refractivity contribution in [1.29, 1.82) is 5.26 Å². The fraction of sp³-hybridized carbons (Fsp3) is 0.417. The highest BCUT2D eigenvalue weighted by Crippen LogP contribution is 2.21. The predicted octanol–water partition coefficient (Wildman–Crippen LogP) is 2.32. The minimum Gasteiger partial charge on any atom is -0.212 e. The highest BCUT2D eigenvalue weighted by atomic mass is 32.2. The summed E-state index contributed by atoms with van der Waals surface area (Å²) < 4.78 is 61.0. The monoisotopic (exact) mass is 306 g/mol. The molecular formula is C12H13F3N2O2S. The first-order valence-electron chi connectivity index (χ1n) is 5.75. The number of halogens is 3. The van der Waals surface area contributed by atoms with Crippen molar-refractivity contribution in [3.05, 3.63) is 35.4 Å². The van der Waals surface area contributed by atoms with Crippen molar-refractivity contribution in [2.45, 2.75) is 25.6 Å². The summed E-state index contributed by atoms with van der Waals surface area (Å²) in [5.74, 6) is -0.579. The largest absolute Gasteiger partial charge is 0.389 e. The normalized spacial score (nSPS) is 12.1. The zero-order valence-electron chi connectivity index (χ0n) is 10.4. The first kappa shape index (κ1) is 16.5. The molecule has 1 N–H and O–H groups in total. The molecule has 1 rings (SSSR count). The van der Waals surface area contributed by atoms with Gasteiger partial charge in [0.2, 0.25) is 10.0 Å². The fourth-order valence-corrected chi connectivity index (χ4v) is 2.53. The molecule has 0 atom stereocenters. The van der Waals surface area contributed by atoms with Crippen LogP contribution in [0.15, 0.2) is 24.3 Å². The maximum absolute atomic E-state index is 11.9. The van der Waals surface area contributed by atoms with Gasteiger partial charge in [-0.2, -0.15) is 18.4 Å². The van der Waals surface area contributed by atoms with Gasteiger partial charge >= 0.3 is 6.18 Å². The second kappa shape index (κ2) is 6.72. The molecule has 0 amide bonds. The Kier molecular flexibility index (Phi) is 5.53. The van der Waals surface area contributed by atoms with Gasteiger partial charge in [-0.25, -0.2) is 13.1 Å². The summed E-state index contributed by atoms with van der Waals surface area (Å²) in [6.07, 6.45) is -5.95. The van der Waals surface area contributed by atoms with Crippen LogP contribution in [0.4, 0.5) is 13.2 Å². The molecule has 1 aromatic carbocycles. The molecule has 0 radical (unpaired) electrons. The first-order valence-corrected chi connectivity index (χ1v) is 7.40. The molecule has 0 fully saturated rings. The lowest BCUT2D eigenvalue weighted by atomic mass is 10.1. The first-order chi connectivity index (χ1) is 9.22. The van der Waals surface area contributed by atoms with Crippen molar-refractivity contribution >= 4 is 10.0 Å². The molecule has 110 valence electrons. The van der Waals surface area contributed by atoms with E-state index < -0.39 is 34.8 Å². The van der Waals surface area contributed by atoms with Gasteiger partial charge in [-0.3, -0.25) is 0 Å². The van der Waals surface area contributed by atoms with E-state index >= 15 is 0 Å². The van der Waals surface area contributed by atoms with E-state index in [-0.39, 0.29) is 6.54 Å². The maximum Gasteiger partial charge on any atom is 0.389 e. The number of nitrogens with zero attached hydrogens (tertiary/aromatic N) is 1. The molecule has 0 heterocycles. The van der Waals surface area contributed by atoms with Crippen LogP contribution in [-0.2, 0) is 16.6 Å². The number of hydrogen-bond donors (Lipinski definition) is 1. The Bertz CT molecular complexity index is 591. The summed E-state index contributed by atoms with van der Waals surface area (Å²) >= 11 is 0. The molecule has 0 saturated carbocycles. The highest BCUT2D eigenvalue weighted by molar-refractivity contribution is 7.89. The summed E-state index contributed by atoms with van der Waals surface area (Å²) in [5.41, 5.74) is 0.960. The third kappa shape index (κ3) is 6.54. The molecule has 4 nitrogen and oxygen atoms in total. The number of hydrogen-bond acceptors (Lipinski definition) is 3. The van der Waals surface area contributed by atoms with Crippen LogP contribution in [-0.4, -0.2) is 20.3 Å². The van der Waals surface area contributed by atoms with Gasteiger partial charge in [0.1, 0.15) is 0 Å². The van der Waals surface area contributed by atoms with Gasteiger partial charge < -0.3 is 0 Å². The molecule has 0 aliphatic rings. The van der Waals surface area contributed by atoms with Gasteiger partial charge in [0.05, 0.1) is 17.4 Å². The number of nitriles is 1. The average Bonchev–Trinajstić information content (AvgIpc) is 2.35. The van der Waals surface area contributed by atoms with Crippen molar-refractivity contribution in [2.75, 3.05) is 5.75 Å².